The van der Waals surface area contributed by atoms with Gasteiger partial charge in [0.05, 0.1) is 6.54 Å². The summed E-state index contributed by atoms with van der Waals surface area (Å²) < 4.78 is 13.6. The third kappa shape index (κ3) is 6.63. The van der Waals surface area contributed by atoms with E-state index in [4.69, 9.17) is 0 Å². The Balaban J connectivity index is 1.67. The molecule has 0 bridgehead atoms. The number of hydrogen-bond donors (Lipinski definition) is 3. The number of rotatable bonds is 7. The number of carbonyl (C=O) groups is 1. The molecule has 0 aliphatic rings. The summed E-state index contributed by atoms with van der Waals surface area (Å²) in [4.78, 5) is 15.9. The SMILES string of the molecule is CN=C(NCC(=O)NCCc1ccccc1)NCc1ccccc1F. The van der Waals surface area contributed by atoms with Gasteiger partial charge in [-0.05, 0) is 18.1 Å². The van der Waals surface area contributed by atoms with Crippen LogP contribution in [-0.2, 0) is 17.8 Å². The number of benzene rings is 2. The predicted molar refractivity (Wildman–Crippen MR) is 97.8 cm³/mol. The molecule has 0 unspecified atom stereocenters. The molecule has 1 amide bonds. The summed E-state index contributed by atoms with van der Waals surface area (Å²) in [5, 5.41) is 8.74. The van der Waals surface area contributed by atoms with Gasteiger partial charge in [0, 0.05) is 25.7 Å². The maximum Gasteiger partial charge on any atom is 0.239 e. The average Bonchev–Trinajstić information content (AvgIpc) is 2.64. The first-order valence-electron chi connectivity index (χ1n) is 8.17. The summed E-state index contributed by atoms with van der Waals surface area (Å²) in [6, 6.07) is 16.5. The molecule has 25 heavy (non-hydrogen) atoms. The van der Waals surface area contributed by atoms with Crippen molar-refractivity contribution in [1.82, 2.24) is 16.0 Å². The van der Waals surface area contributed by atoms with Crippen LogP contribution < -0.4 is 16.0 Å². The molecule has 0 radical (unpaired) electrons. The molecule has 3 N–H and O–H groups in total. The smallest absolute Gasteiger partial charge is 0.239 e. The van der Waals surface area contributed by atoms with Crippen LogP contribution in [0.4, 0.5) is 4.39 Å². The normalized spacial score (nSPS) is 11.0. The van der Waals surface area contributed by atoms with Crippen molar-refractivity contribution in [3.8, 4) is 0 Å². The number of aliphatic imine (C=N–C) groups is 1. The molecule has 2 aromatic rings. The van der Waals surface area contributed by atoms with Crippen LogP contribution in [0, 0.1) is 5.82 Å². The van der Waals surface area contributed by atoms with Crippen LogP contribution in [0.15, 0.2) is 59.6 Å². The highest BCUT2D eigenvalue weighted by atomic mass is 19.1. The molecule has 5 nitrogen and oxygen atoms in total. The van der Waals surface area contributed by atoms with Crippen LogP contribution in [0.3, 0.4) is 0 Å². The van der Waals surface area contributed by atoms with Gasteiger partial charge in [-0.3, -0.25) is 9.79 Å². The second kappa shape index (κ2) is 10.1. The van der Waals surface area contributed by atoms with Crippen LogP contribution in [-0.4, -0.2) is 32.0 Å². The number of nitrogens with one attached hydrogen (secondary N) is 3. The summed E-state index contributed by atoms with van der Waals surface area (Å²) in [6.07, 6.45) is 0.785. The molecule has 0 aliphatic carbocycles. The Morgan fingerprint density at radius 3 is 2.44 bits per heavy atom. The standard InChI is InChI=1S/C19H23FN4O/c1-21-19(23-13-16-9-5-6-10-17(16)20)24-14-18(25)22-12-11-15-7-3-2-4-8-15/h2-10H,11-14H2,1H3,(H,22,25)(H2,21,23,24). The van der Waals surface area contributed by atoms with Crippen LogP contribution in [0.5, 0.6) is 0 Å². The number of carbonyl (C=O) groups excluding carboxylic acids is 1. The quantitative estimate of drug-likeness (QED) is 0.531. The van der Waals surface area contributed by atoms with Gasteiger partial charge in [-0.1, -0.05) is 48.5 Å². The van der Waals surface area contributed by atoms with E-state index in [0.717, 1.165) is 6.42 Å². The molecule has 0 fully saturated rings. The number of halogens is 1. The maximum atomic E-state index is 13.6. The molecule has 0 atom stereocenters. The molecule has 6 heteroatoms. The highest BCUT2D eigenvalue weighted by Gasteiger charge is 2.05. The van der Waals surface area contributed by atoms with Gasteiger partial charge < -0.3 is 16.0 Å². The van der Waals surface area contributed by atoms with Crippen molar-refractivity contribution in [1.29, 1.82) is 0 Å². The van der Waals surface area contributed by atoms with E-state index in [1.807, 2.05) is 30.3 Å². The molecule has 132 valence electrons. The molecule has 0 aliphatic heterocycles. The molecule has 0 spiro atoms. The highest BCUT2D eigenvalue weighted by molar-refractivity contribution is 5.86. The zero-order chi connectivity index (χ0) is 17.9. The summed E-state index contributed by atoms with van der Waals surface area (Å²) in [5.74, 6) is 0.0512. The van der Waals surface area contributed by atoms with Gasteiger partial charge in [0.1, 0.15) is 5.82 Å². The lowest BCUT2D eigenvalue weighted by atomic mass is 10.1. The van der Waals surface area contributed by atoms with Gasteiger partial charge >= 0.3 is 0 Å². The Morgan fingerprint density at radius 1 is 1.00 bits per heavy atom. The number of guanidine groups is 1. The topological polar surface area (TPSA) is 65.5 Å². The van der Waals surface area contributed by atoms with Crippen LogP contribution in [0.2, 0.25) is 0 Å². The van der Waals surface area contributed by atoms with Crippen LogP contribution >= 0.6 is 0 Å². The van der Waals surface area contributed by atoms with E-state index in [9.17, 15) is 9.18 Å². The molecule has 0 saturated heterocycles. The van der Waals surface area contributed by atoms with Crippen molar-refractivity contribution < 1.29 is 9.18 Å². The van der Waals surface area contributed by atoms with Crippen molar-refractivity contribution in [2.75, 3.05) is 20.1 Å². The molecule has 0 heterocycles. The van der Waals surface area contributed by atoms with Crippen molar-refractivity contribution in [3.05, 3.63) is 71.5 Å². The van der Waals surface area contributed by atoms with Gasteiger partial charge in [0.15, 0.2) is 5.96 Å². The summed E-state index contributed by atoms with van der Waals surface area (Å²) in [7, 11) is 1.60. The monoisotopic (exact) mass is 342 g/mol. The zero-order valence-electron chi connectivity index (χ0n) is 14.3. The van der Waals surface area contributed by atoms with Crippen LogP contribution in [0.25, 0.3) is 0 Å². The Labute approximate surface area is 147 Å². The van der Waals surface area contributed by atoms with Crippen LogP contribution in [0.1, 0.15) is 11.1 Å². The van der Waals surface area contributed by atoms with Gasteiger partial charge in [-0.25, -0.2) is 4.39 Å². The first-order chi connectivity index (χ1) is 12.2. The van der Waals surface area contributed by atoms with Gasteiger partial charge in [-0.15, -0.1) is 0 Å². The second-order valence-corrected chi connectivity index (χ2v) is 5.46. The summed E-state index contributed by atoms with van der Waals surface area (Å²) in [6.45, 7) is 0.972. The lowest BCUT2D eigenvalue weighted by molar-refractivity contribution is -0.119. The Bertz CT molecular complexity index is 704. The summed E-state index contributed by atoms with van der Waals surface area (Å²) >= 11 is 0. The van der Waals surface area contributed by atoms with Crippen molar-refractivity contribution in [2.45, 2.75) is 13.0 Å². The molecule has 0 aromatic heterocycles. The molecule has 2 rings (SSSR count). The van der Waals surface area contributed by atoms with E-state index in [0.29, 0.717) is 24.6 Å². The first-order valence-corrected chi connectivity index (χ1v) is 8.17. The molecular formula is C19H23FN4O. The third-order valence-electron chi connectivity index (χ3n) is 3.62. The maximum absolute atomic E-state index is 13.6. The number of hydrogen-bond acceptors (Lipinski definition) is 2. The minimum atomic E-state index is -0.274. The van der Waals surface area contributed by atoms with Crippen molar-refractivity contribution in [2.24, 2.45) is 4.99 Å². The molecule has 0 saturated carbocycles. The molecule has 2 aromatic carbocycles. The summed E-state index contributed by atoms with van der Waals surface area (Å²) in [5.41, 5.74) is 1.72. The van der Waals surface area contributed by atoms with E-state index in [2.05, 4.69) is 20.9 Å². The highest BCUT2D eigenvalue weighted by Crippen LogP contribution is 2.05. The minimum absolute atomic E-state index is 0.103. The zero-order valence-corrected chi connectivity index (χ0v) is 14.3. The largest absolute Gasteiger partial charge is 0.354 e. The van der Waals surface area contributed by atoms with Gasteiger partial charge in [0.2, 0.25) is 5.91 Å². The average molecular weight is 342 g/mol. The minimum Gasteiger partial charge on any atom is -0.354 e. The van der Waals surface area contributed by atoms with E-state index in [1.54, 1.807) is 25.2 Å². The fraction of sp³-hybridized carbons (Fsp3) is 0.263. The van der Waals surface area contributed by atoms with Crippen molar-refractivity contribution >= 4 is 11.9 Å². The third-order valence-corrected chi connectivity index (χ3v) is 3.62. The van der Waals surface area contributed by atoms with E-state index >= 15 is 0 Å². The fourth-order valence-electron chi connectivity index (χ4n) is 2.26. The van der Waals surface area contributed by atoms with Gasteiger partial charge in [0.25, 0.3) is 0 Å². The second-order valence-electron chi connectivity index (χ2n) is 5.46. The predicted octanol–water partition coefficient (Wildman–Crippen LogP) is 1.85. The number of nitrogens with zero attached hydrogens (tertiary/aromatic N) is 1. The Kier molecular flexibility index (Phi) is 7.43. The Morgan fingerprint density at radius 2 is 1.72 bits per heavy atom. The van der Waals surface area contributed by atoms with E-state index in [1.165, 1.54) is 11.6 Å². The van der Waals surface area contributed by atoms with Gasteiger partial charge in [-0.2, -0.15) is 0 Å². The lowest BCUT2D eigenvalue weighted by Crippen LogP contribution is -2.43. The van der Waals surface area contributed by atoms with E-state index < -0.39 is 0 Å². The lowest BCUT2D eigenvalue weighted by Gasteiger charge is -2.12. The Hall–Kier alpha value is -2.89. The first kappa shape index (κ1) is 18.4. The fourth-order valence-corrected chi connectivity index (χ4v) is 2.26. The molecular weight excluding hydrogens is 319 g/mol. The number of amides is 1. The van der Waals surface area contributed by atoms with E-state index in [-0.39, 0.29) is 18.3 Å². The van der Waals surface area contributed by atoms with Crippen molar-refractivity contribution in [3.63, 3.8) is 0 Å².